The molecule has 0 aliphatic heterocycles. The Morgan fingerprint density at radius 2 is 1.05 bits per heavy atom. The molecule has 0 amide bonds. The van der Waals surface area contributed by atoms with E-state index in [0.717, 1.165) is 46.1 Å². The zero-order valence-electron chi connectivity index (χ0n) is 23.0. The predicted octanol–water partition coefficient (Wildman–Crippen LogP) is 2.43. The molecule has 0 unspecified atom stereocenters. The van der Waals surface area contributed by atoms with Crippen LogP contribution in [0.2, 0.25) is 0 Å². The van der Waals surface area contributed by atoms with Crippen molar-refractivity contribution in [3.63, 3.8) is 0 Å². The third-order valence-electron chi connectivity index (χ3n) is 6.55. The second kappa shape index (κ2) is 16.0. The summed E-state index contributed by atoms with van der Waals surface area (Å²) in [6.45, 7) is 5.82. The van der Waals surface area contributed by atoms with Crippen molar-refractivity contribution < 1.29 is 14.0 Å². The van der Waals surface area contributed by atoms with E-state index in [0.29, 0.717) is 26.6 Å². The summed E-state index contributed by atoms with van der Waals surface area (Å²) in [7, 11) is 1.94. The Morgan fingerprint density at radius 1 is 0.590 bits per heavy atom. The minimum atomic E-state index is -0.110. The van der Waals surface area contributed by atoms with Crippen molar-refractivity contribution in [2.75, 3.05) is 33.5 Å². The van der Waals surface area contributed by atoms with Gasteiger partial charge in [0.15, 0.2) is 0 Å². The SMILES string of the molecule is CCNCOB(c1ccccc1)c1ccc(COCc2ccc(B(OCCNC)c3ccccc3)cc2)cc1. The van der Waals surface area contributed by atoms with Gasteiger partial charge in [-0.1, -0.05) is 116 Å². The van der Waals surface area contributed by atoms with Gasteiger partial charge in [-0.05, 0) is 46.6 Å². The minimum Gasteiger partial charge on any atom is -0.426 e. The Kier molecular flexibility index (Phi) is 11.8. The molecule has 0 atom stereocenters. The highest BCUT2D eigenvalue weighted by atomic mass is 16.5. The lowest BCUT2D eigenvalue weighted by Crippen LogP contribution is -2.46. The number of hydrogen-bond acceptors (Lipinski definition) is 5. The smallest absolute Gasteiger partial charge is 0.362 e. The molecule has 0 aromatic heterocycles. The maximum Gasteiger partial charge on any atom is 0.362 e. The van der Waals surface area contributed by atoms with Crippen molar-refractivity contribution in [3.05, 3.63) is 120 Å². The van der Waals surface area contributed by atoms with Crippen LogP contribution in [-0.4, -0.2) is 47.3 Å². The third-order valence-corrected chi connectivity index (χ3v) is 6.55. The van der Waals surface area contributed by atoms with Crippen LogP contribution in [0, 0.1) is 0 Å². The van der Waals surface area contributed by atoms with Crippen LogP contribution in [0.5, 0.6) is 0 Å². The van der Waals surface area contributed by atoms with E-state index in [1.807, 2.05) is 31.3 Å². The first kappa shape index (κ1) is 28.8. The first-order valence-electron chi connectivity index (χ1n) is 13.7. The number of ether oxygens (including phenoxy) is 1. The van der Waals surface area contributed by atoms with E-state index in [1.165, 1.54) is 0 Å². The van der Waals surface area contributed by atoms with Crippen LogP contribution in [0.1, 0.15) is 18.1 Å². The Labute approximate surface area is 234 Å². The zero-order valence-corrected chi connectivity index (χ0v) is 23.0. The fourth-order valence-electron chi connectivity index (χ4n) is 4.41. The van der Waals surface area contributed by atoms with Gasteiger partial charge in [-0.2, -0.15) is 0 Å². The van der Waals surface area contributed by atoms with Crippen LogP contribution >= 0.6 is 0 Å². The van der Waals surface area contributed by atoms with Crippen LogP contribution in [0.25, 0.3) is 0 Å². The number of likely N-dealkylation sites (N-methyl/N-ethyl adjacent to an activating group) is 1. The highest BCUT2D eigenvalue weighted by molar-refractivity contribution is 6.80. The molecule has 4 aromatic carbocycles. The highest BCUT2D eigenvalue weighted by Crippen LogP contribution is 2.07. The Hall–Kier alpha value is -3.19. The molecule has 39 heavy (non-hydrogen) atoms. The van der Waals surface area contributed by atoms with Crippen molar-refractivity contribution in [1.82, 2.24) is 10.6 Å². The Bertz CT molecular complexity index is 1110. The van der Waals surface area contributed by atoms with Crippen LogP contribution < -0.4 is 32.5 Å². The van der Waals surface area contributed by atoms with E-state index in [1.54, 1.807) is 0 Å². The monoisotopic (exact) mass is 520 g/mol. The highest BCUT2D eigenvalue weighted by Gasteiger charge is 2.22. The van der Waals surface area contributed by atoms with Gasteiger partial charge in [0, 0.05) is 13.2 Å². The van der Waals surface area contributed by atoms with E-state index in [2.05, 4.69) is 102 Å². The number of benzene rings is 4. The summed E-state index contributed by atoms with van der Waals surface area (Å²) < 4.78 is 18.4. The second-order valence-electron chi connectivity index (χ2n) is 9.45. The Morgan fingerprint density at radius 3 is 1.51 bits per heavy atom. The molecule has 200 valence electrons. The summed E-state index contributed by atoms with van der Waals surface area (Å²) >= 11 is 0. The van der Waals surface area contributed by atoms with Crippen molar-refractivity contribution in [1.29, 1.82) is 0 Å². The minimum absolute atomic E-state index is 0.0884. The van der Waals surface area contributed by atoms with Gasteiger partial charge in [-0.3, -0.25) is 5.32 Å². The fraction of sp³-hybridized carbons (Fsp3) is 0.250. The van der Waals surface area contributed by atoms with Gasteiger partial charge in [0.1, 0.15) is 0 Å². The van der Waals surface area contributed by atoms with Gasteiger partial charge >= 0.3 is 13.8 Å². The number of rotatable bonds is 16. The molecule has 0 radical (unpaired) electrons. The molecule has 7 heteroatoms. The van der Waals surface area contributed by atoms with Crippen LogP contribution in [-0.2, 0) is 27.3 Å². The molecule has 2 N–H and O–H groups in total. The third kappa shape index (κ3) is 8.92. The molecule has 0 heterocycles. The average Bonchev–Trinajstić information content (AvgIpc) is 3.00. The summed E-state index contributed by atoms with van der Waals surface area (Å²) in [5, 5.41) is 6.40. The molecule has 0 fully saturated rings. The van der Waals surface area contributed by atoms with E-state index in [-0.39, 0.29) is 13.8 Å². The maximum absolute atomic E-state index is 6.21. The van der Waals surface area contributed by atoms with Gasteiger partial charge in [0.25, 0.3) is 0 Å². The summed E-state index contributed by atoms with van der Waals surface area (Å²) in [6, 6.07) is 37.7. The molecule has 4 rings (SSSR count). The van der Waals surface area contributed by atoms with E-state index in [4.69, 9.17) is 14.0 Å². The first-order chi connectivity index (χ1) is 19.3. The molecular formula is C32H38B2N2O3. The first-order valence-corrected chi connectivity index (χ1v) is 13.7. The van der Waals surface area contributed by atoms with Crippen LogP contribution in [0.3, 0.4) is 0 Å². The molecular weight excluding hydrogens is 482 g/mol. The number of hydrogen-bond donors (Lipinski definition) is 2. The van der Waals surface area contributed by atoms with E-state index in [9.17, 15) is 0 Å². The average molecular weight is 520 g/mol. The van der Waals surface area contributed by atoms with Gasteiger partial charge in [0.05, 0.1) is 19.9 Å². The normalized spacial score (nSPS) is 10.9. The van der Waals surface area contributed by atoms with Gasteiger partial charge < -0.3 is 19.4 Å². The van der Waals surface area contributed by atoms with Gasteiger partial charge in [-0.25, -0.2) is 0 Å². The topological polar surface area (TPSA) is 51.8 Å². The lowest BCUT2D eigenvalue weighted by molar-refractivity contribution is 0.107. The molecule has 0 spiro atoms. The van der Waals surface area contributed by atoms with Crippen molar-refractivity contribution >= 4 is 35.7 Å². The lowest BCUT2D eigenvalue weighted by atomic mass is 9.55. The lowest BCUT2D eigenvalue weighted by Gasteiger charge is -2.16. The van der Waals surface area contributed by atoms with E-state index < -0.39 is 0 Å². The number of nitrogens with one attached hydrogen (secondary N) is 2. The maximum atomic E-state index is 6.21. The van der Waals surface area contributed by atoms with Gasteiger partial charge in [0.2, 0.25) is 0 Å². The summed E-state index contributed by atoms with van der Waals surface area (Å²) in [5.41, 5.74) is 6.84. The van der Waals surface area contributed by atoms with E-state index >= 15 is 0 Å². The van der Waals surface area contributed by atoms with Crippen LogP contribution in [0.15, 0.2) is 109 Å². The molecule has 0 aliphatic carbocycles. The van der Waals surface area contributed by atoms with Crippen molar-refractivity contribution in [3.8, 4) is 0 Å². The quantitative estimate of drug-likeness (QED) is 0.135. The fourth-order valence-corrected chi connectivity index (χ4v) is 4.41. The largest absolute Gasteiger partial charge is 0.426 e. The second-order valence-corrected chi connectivity index (χ2v) is 9.45. The molecule has 0 bridgehead atoms. The Balaban J connectivity index is 1.33. The molecule has 4 aromatic rings. The molecule has 5 nitrogen and oxygen atoms in total. The van der Waals surface area contributed by atoms with Crippen LogP contribution in [0.4, 0.5) is 0 Å². The predicted molar refractivity (Wildman–Crippen MR) is 164 cm³/mol. The zero-order chi connectivity index (χ0) is 27.1. The van der Waals surface area contributed by atoms with Crippen molar-refractivity contribution in [2.45, 2.75) is 20.1 Å². The van der Waals surface area contributed by atoms with Gasteiger partial charge in [-0.15, -0.1) is 0 Å². The summed E-state index contributed by atoms with van der Waals surface area (Å²) in [6.07, 6.45) is 0. The standard InChI is InChI=1S/C32H38B2N2O3/c1-3-36-26-39-34(30-12-8-5-9-13-30)32-20-16-28(17-21-32)25-37-24-27-14-18-31(19-15-27)33(38-23-22-35-2)29-10-6-4-7-11-29/h4-21,35-36H,3,22-26H2,1-2H3. The summed E-state index contributed by atoms with van der Waals surface area (Å²) in [4.78, 5) is 0. The van der Waals surface area contributed by atoms with Crippen molar-refractivity contribution in [2.24, 2.45) is 0 Å². The molecule has 0 saturated carbocycles. The molecule has 0 saturated heterocycles. The summed E-state index contributed by atoms with van der Waals surface area (Å²) in [5.74, 6) is 0. The molecule has 0 aliphatic rings.